The van der Waals surface area contributed by atoms with E-state index < -0.39 is 0 Å². The lowest BCUT2D eigenvalue weighted by atomic mass is 9.96. The number of rotatable bonds is 5. The van der Waals surface area contributed by atoms with Crippen molar-refractivity contribution in [2.24, 2.45) is 0 Å². The summed E-state index contributed by atoms with van der Waals surface area (Å²) in [6.45, 7) is 2.09. The lowest BCUT2D eigenvalue weighted by molar-refractivity contribution is -0.119. The van der Waals surface area contributed by atoms with Gasteiger partial charge in [0.2, 0.25) is 11.9 Å². The molecule has 2 aliphatic carbocycles. The number of nitrogens with one attached hydrogen (secondary N) is 2. The Labute approximate surface area is 176 Å². The van der Waals surface area contributed by atoms with Crippen LogP contribution in [0.25, 0.3) is 0 Å². The third kappa shape index (κ3) is 3.40. The van der Waals surface area contributed by atoms with E-state index in [4.69, 9.17) is 0 Å². The highest BCUT2D eigenvalue weighted by molar-refractivity contribution is 7.97. The second-order valence-corrected chi connectivity index (χ2v) is 9.44. The molecule has 1 spiro atoms. The summed E-state index contributed by atoms with van der Waals surface area (Å²) in [5, 5.41) is 3.33. The Balaban J connectivity index is 1.28. The molecule has 152 valence electrons. The van der Waals surface area contributed by atoms with E-state index in [0.29, 0.717) is 12.0 Å². The van der Waals surface area contributed by atoms with Crippen LogP contribution in [0.15, 0.2) is 29.3 Å². The number of benzene rings is 1. The van der Waals surface area contributed by atoms with E-state index in [9.17, 15) is 4.79 Å². The minimum atomic E-state index is -0.331. The number of aromatic nitrogens is 2. The van der Waals surface area contributed by atoms with Gasteiger partial charge in [0.25, 0.3) is 0 Å². The molecule has 0 bridgehead atoms. The van der Waals surface area contributed by atoms with Crippen molar-refractivity contribution >= 4 is 35.3 Å². The van der Waals surface area contributed by atoms with Gasteiger partial charge in [-0.3, -0.25) is 14.4 Å². The van der Waals surface area contributed by atoms with Gasteiger partial charge in [-0.2, -0.15) is 4.98 Å². The Morgan fingerprint density at radius 2 is 2.00 bits per heavy atom. The fraction of sp³-hybridized carbons (Fsp3) is 0.500. The van der Waals surface area contributed by atoms with E-state index in [-0.39, 0.29) is 11.3 Å². The van der Waals surface area contributed by atoms with Crippen LogP contribution in [-0.2, 0) is 10.2 Å². The second kappa shape index (κ2) is 7.29. The van der Waals surface area contributed by atoms with Gasteiger partial charge in [-0.15, -0.1) is 0 Å². The molecule has 1 aromatic carbocycles. The van der Waals surface area contributed by atoms with Gasteiger partial charge in [0, 0.05) is 35.4 Å². The van der Waals surface area contributed by atoms with Crippen LogP contribution in [0, 0.1) is 6.92 Å². The molecule has 7 heteroatoms. The maximum Gasteiger partial charge on any atom is 0.238 e. The molecule has 2 saturated carbocycles. The molecule has 0 atom stereocenters. The SMILES string of the molecule is Cc1cc(SNC2CCCCC2)ccc1Nc1ncc2c(n1)N(C)C(=O)C21CC1. The largest absolute Gasteiger partial charge is 0.324 e. The zero-order valence-corrected chi connectivity index (χ0v) is 17.8. The Morgan fingerprint density at radius 1 is 1.21 bits per heavy atom. The molecule has 2 N–H and O–H groups in total. The normalized spacial score (nSPS) is 20.2. The van der Waals surface area contributed by atoms with Gasteiger partial charge in [0.15, 0.2) is 0 Å². The monoisotopic (exact) mass is 409 g/mol. The summed E-state index contributed by atoms with van der Waals surface area (Å²) >= 11 is 1.73. The number of aryl methyl sites for hydroxylation is 1. The number of hydrogen-bond acceptors (Lipinski definition) is 6. The average Bonchev–Trinajstić information content (AvgIpc) is 3.52. The topological polar surface area (TPSA) is 70.2 Å². The summed E-state index contributed by atoms with van der Waals surface area (Å²) in [7, 11) is 1.81. The third-order valence-electron chi connectivity index (χ3n) is 6.46. The Hall–Kier alpha value is -2.12. The first-order valence-corrected chi connectivity index (χ1v) is 11.3. The van der Waals surface area contributed by atoms with Crippen LogP contribution in [0.5, 0.6) is 0 Å². The zero-order chi connectivity index (χ0) is 20.0. The van der Waals surface area contributed by atoms with E-state index in [0.717, 1.165) is 35.5 Å². The molecule has 0 radical (unpaired) electrons. The number of carbonyl (C=O) groups is 1. The van der Waals surface area contributed by atoms with Gasteiger partial charge in [0.05, 0.1) is 5.41 Å². The Bertz CT molecular complexity index is 952. The third-order valence-corrected chi connectivity index (χ3v) is 7.40. The van der Waals surface area contributed by atoms with E-state index in [2.05, 4.69) is 45.1 Å². The first-order valence-electron chi connectivity index (χ1n) is 10.5. The quantitative estimate of drug-likeness (QED) is 0.710. The number of anilines is 3. The minimum absolute atomic E-state index is 0.155. The van der Waals surface area contributed by atoms with Gasteiger partial charge in [0.1, 0.15) is 5.82 Å². The van der Waals surface area contributed by atoms with Crippen LogP contribution in [0.1, 0.15) is 56.1 Å². The smallest absolute Gasteiger partial charge is 0.238 e. The van der Waals surface area contributed by atoms with Crippen molar-refractivity contribution in [3.05, 3.63) is 35.5 Å². The van der Waals surface area contributed by atoms with Crippen LogP contribution < -0.4 is 14.9 Å². The molecule has 1 aromatic heterocycles. The number of hydrogen-bond donors (Lipinski definition) is 2. The van der Waals surface area contributed by atoms with E-state index in [1.165, 1.54) is 37.0 Å². The van der Waals surface area contributed by atoms with E-state index >= 15 is 0 Å². The van der Waals surface area contributed by atoms with Gasteiger partial charge in [-0.25, -0.2) is 4.98 Å². The molecular weight excluding hydrogens is 382 g/mol. The molecule has 6 nitrogen and oxygen atoms in total. The lowest BCUT2D eigenvalue weighted by Crippen LogP contribution is -2.28. The fourth-order valence-corrected chi connectivity index (χ4v) is 5.41. The number of carbonyl (C=O) groups excluding carboxylic acids is 1. The highest BCUT2D eigenvalue weighted by Crippen LogP contribution is 2.56. The highest BCUT2D eigenvalue weighted by atomic mass is 32.2. The molecule has 5 rings (SSSR count). The molecule has 3 aliphatic rings. The number of likely N-dealkylation sites (N-methyl/N-ethyl adjacent to an activating group) is 1. The van der Waals surface area contributed by atoms with Crippen molar-refractivity contribution in [3.8, 4) is 0 Å². The van der Waals surface area contributed by atoms with Crippen molar-refractivity contribution in [3.63, 3.8) is 0 Å². The summed E-state index contributed by atoms with van der Waals surface area (Å²) in [4.78, 5) is 24.5. The first-order chi connectivity index (χ1) is 14.1. The fourth-order valence-electron chi connectivity index (χ4n) is 4.50. The van der Waals surface area contributed by atoms with Crippen molar-refractivity contribution < 1.29 is 4.79 Å². The van der Waals surface area contributed by atoms with Crippen LogP contribution in [0.2, 0.25) is 0 Å². The van der Waals surface area contributed by atoms with Crippen LogP contribution in [0.4, 0.5) is 17.5 Å². The van der Waals surface area contributed by atoms with Gasteiger partial charge in [-0.1, -0.05) is 19.3 Å². The average molecular weight is 410 g/mol. The minimum Gasteiger partial charge on any atom is -0.324 e. The molecular formula is C22H27N5OS. The molecule has 1 aliphatic heterocycles. The summed E-state index contributed by atoms with van der Waals surface area (Å²) < 4.78 is 3.62. The number of amides is 1. The summed E-state index contributed by atoms with van der Waals surface area (Å²) in [5.41, 5.74) is 2.78. The predicted octanol–water partition coefficient (Wildman–Crippen LogP) is 4.47. The molecule has 29 heavy (non-hydrogen) atoms. The molecule has 0 unspecified atom stereocenters. The highest BCUT2D eigenvalue weighted by Gasteiger charge is 2.59. The van der Waals surface area contributed by atoms with Crippen LogP contribution >= 0.6 is 11.9 Å². The van der Waals surface area contributed by atoms with Gasteiger partial charge < -0.3 is 5.32 Å². The van der Waals surface area contributed by atoms with Gasteiger partial charge in [-0.05, 0) is 68.3 Å². The summed E-state index contributed by atoms with van der Waals surface area (Å²) in [6.07, 6.45) is 10.2. The van der Waals surface area contributed by atoms with Crippen molar-refractivity contribution in [1.82, 2.24) is 14.7 Å². The van der Waals surface area contributed by atoms with Crippen LogP contribution in [0.3, 0.4) is 0 Å². The molecule has 1 amide bonds. The zero-order valence-electron chi connectivity index (χ0n) is 17.0. The van der Waals surface area contributed by atoms with E-state index in [1.54, 1.807) is 16.8 Å². The maximum atomic E-state index is 12.5. The summed E-state index contributed by atoms with van der Waals surface area (Å²) in [5.74, 6) is 1.43. The van der Waals surface area contributed by atoms with Crippen LogP contribution in [-0.4, -0.2) is 29.0 Å². The maximum absolute atomic E-state index is 12.5. The second-order valence-electron chi connectivity index (χ2n) is 8.53. The van der Waals surface area contributed by atoms with Crippen molar-refractivity contribution in [2.75, 3.05) is 17.3 Å². The Kier molecular flexibility index (Phi) is 4.75. The van der Waals surface area contributed by atoms with Gasteiger partial charge >= 0.3 is 0 Å². The summed E-state index contributed by atoms with van der Waals surface area (Å²) in [6, 6.07) is 7.01. The molecule has 0 saturated heterocycles. The Morgan fingerprint density at radius 3 is 2.72 bits per heavy atom. The van der Waals surface area contributed by atoms with E-state index in [1.807, 2.05) is 13.2 Å². The predicted molar refractivity (Wildman–Crippen MR) is 117 cm³/mol. The molecule has 2 fully saturated rings. The standard InChI is InChI=1S/C22H27N5OS/c1-14-12-16(29-26-15-6-4-3-5-7-15)8-9-18(14)24-21-23-13-17-19(25-21)27(2)20(28)22(17)10-11-22/h8-9,12-13,15,26H,3-7,10-11H2,1-2H3,(H,23,24,25). The number of nitrogens with zero attached hydrogens (tertiary/aromatic N) is 3. The number of fused-ring (bicyclic) bond motifs is 2. The molecule has 2 heterocycles. The van der Waals surface area contributed by atoms with Crippen molar-refractivity contribution in [1.29, 1.82) is 0 Å². The lowest BCUT2D eigenvalue weighted by Gasteiger charge is -2.22. The molecule has 2 aromatic rings. The first kappa shape index (κ1) is 18.9. The van der Waals surface area contributed by atoms with Crippen molar-refractivity contribution in [2.45, 2.75) is 68.2 Å².